The van der Waals surface area contributed by atoms with Gasteiger partial charge in [0.05, 0.1) is 22.4 Å². The Morgan fingerprint density at radius 1 is 1.31 bits per heavy atom. The molecule has 0 fully saturated rings. The van der Waals surface area contributed by atoms with Gasteiger partial charge in [0.1, 0.15) is 0 Å². The Kier molecular flexibility index (Phi) is 8.56. The van der Waals surface area contributed by atoms with Crippen molar-refractivity contribution in [1.29, 1.82) is 0 Å². The summed E-state index contributed by atoms with van der Waals surface area (Å²) in [7, 11) is -4.16. The van der Waals surface area contributed by atoms with Crippen molar-refractivity contribution in [2.24, 2.45) is 4.99 Å². The summed E-state index contributed by atoms with van der Waals surface area (Å²) in [6.45, 7) is 0.00188. The summed E-state index contributed by atoms with van der Waals surface area (Å²) in [6.07, 6.45) is 1.54. The molecule has 0 N–H and O–H groups in total. The molecule has 4 nitrogen and oxygen atoms in total. The summed E-state index contributed by atoms with van der Waals surface area (Å²) in [5, 5.41) is 0. The third-order valence-electron chi connectivity index (χ3n) is 1.58. The first-order chi connectivity index (χ1) is 6.97. The third kappa shape index (κ3) is 8.07. The smallest absolute Gasteiger partial charge is 0.748 e. The van der Waals surface area contributed by atoms with Crippen molar-refractivity contribution in [3.8, 4) is 0 Å². The van der Waals surface area contributed by atoms with Crippen LogP contribution in [-0.2, 0) is 10.1 Å². The van der Waals surface area contributed by atoms with E-state index in [0.29, 0.717) is 0 Å². The molecule has 0 bridgehead atoms. The normalized spacial score (nSPS) is 11.4. The van der Waals surface area contributed by atoms with E-state index in [2.05, 4.69) is 20.9 Å². The molecule has 16 heavy (non-hydrogen) atoms. The van der Waals surface area contributed by atoms with Crippen LogP contribution in [0.5, 0.6) is 0 Å². The van der Waals surface area contributed by atoms with E-state index in [4.69, 9.17) is 0 Å². The van der Waals surface area contributed by atoms with E-state index in [9.17, 15) is 13.0 Å². The Balaban J connectivity index is 0.00000225. The van der Waals surface area contributed by atoms with Crippen LogP contribution in [0.25, 0.3) is 0 Å². The molecule has 0 saturated carbocycles. The Morgan fingerprint density at radius 2 is 1.88 bits per heavy atom. The Bertz CT molecular complexity index is 444. The van der Waals surface area contributed by atoms with Gasteiger partial charge in [-0.25, -0.2) is 8.42 Å². The third-order valence-corrected chi connectivity index (χ3v) is 2.79. The van der Waals surface area contributed by atoms with E-state index in [0.717, 1.165) is 10.0 Å². The monoisotopic (exact) mass is 329 g/mol. The van der Waals surface area contributed by atoms with Crippen LogP contribution in [0.2, 0.25) is 0 Å². The maximum atomic E-state index is 10.3. The fourth-order valence-electron chi connectivity index (χ4n) is 0.883. The second-order valence-electron chi connectivity index (χ2n) is 2.85. The summed E-state index contributed by atoms with van der Waals surface area (Å²) in [5.41, 5.74) is 0.862. The largest absolute Gasteiger partial charge is 1.00 e. The van der Waals surface area contributed by atoms with E-state index in [1.165, 1.54) is 6.21 Å². The number of aliphatic imine (C=N–C) groups is 1. The number of hydrogen-bond donors (Lipinski definition) is 0. The Morgan fingerprint density at radius 3 is 2.38 bits per heavy atom. The van der Waals surface area contributed by atoms with Crippen molar-refractivity contribution in [3.63, 3.8) is 0 Å². The maximum absolute atomic E-state index is 10.3. The summed E-state index contributed by atoms with van der Waals surface area (Å²) in [4.78, 5) is 3.84. The van der Waals surface area contributed by atoms with Crippen molar-refractivity contribution in [2.75, 3.05) is 12.3 Å². The van der Waals surface area contributed by atoms with E-state index >= 15 is 0 Å². The van der Waals surface area contributed by atoms with Crippen molar-refractivity contribution in [1.82, 2.24) is 0 Å². The maximum Gasteiger partial charge on any atom is 1.00 e. The fraction of sp³-hybridized carbons (Fsp3) is 0.222. The summed E-state index contributed by atoms with van der Waals surface area (Å²) < 4.78 is 31.7. The van der Waals surface area contributed by atoms with Gasteiger partial charge >= 0.3 is 51.4 Å². The zero-order chi connectivity index (χ0) is 11.3. The molecule has 0 radical (unpaired) electrons. The Labute approximate surface area is 146 Å². The van der Waals surface area contributed by atoms with Crippen LogP contribution in [0.15, 0.2) is 33.7 Å². The van der Waals surface area contributed by atoms with Crippen LogP contribution < -0.4 is 51.4 Å². The minimum Gasteiger partial charge on any atom is -0.748 e. The molecule has 0 spiro atoms. The number of benzene rings is 1. The molecular weight excluding hydrogens is 321 g/mol. The van der Waals surface area contributed by atoms with Crippen LogP contribution in [0.3, 0.4) is 0 Å². The molecule has 7 heteroatoms. The molecule has 0 aliphatic carbocycles. The second-order valence-corrected chi connectivity index (χ2v) is 5.29. The van der Waals surface area contributed by atoms with Crippen LogP contribution in [0.4, 0.5) is 0 Å². The molecule has 1 rings (SSSR count). The van der Waals surface area contributed by atoms with Gasteiger partial charge in [-0.15, -0.1) is 0 Å². The molecule has 0 aliphatic heterocycles. The number of nitrogens with zero attached hydrogens (tertiary/aromatic N) is 1. The molecule has 0 aromatic heterocycles. The first kappa shape index (κ1) is 16.9. The molecule has 0 unspecified atom stereocenters. The van der Waals surface area contributed by atoms with Gasteiger partial charge in [-0.05, 0) is 17.7 Å². The molecule has 1 aromatic carbocycles. The quantitative estimate of drug-likeness (QED) is 0.380. The standard InChI is InChI=1S/C9H10BrNO3S.K/c10-9-3-1-8(2-4-9)7-11-5-6-15(12,13)14;/h1-4,7H,5-6H2,(H,12,13,14);/q;+1/p-1. The zero-order valence-corrected chi connectivity index (χ0v) is 14.3. The summed E-state index contributed by atoms with van der Waals surface area (Å²) in [5.74, 6) is -0.458. The van der Waals surface area contributed by atoms with Crippen LogP contribution in [0.1, 0.15) is 5.56 Å². The first-order valence-corrected chi connectivity index (χ1v) is 6.53. The van der Waals surface area contributed by atoms with Crippen LogP contribution in [-0.4, -0.2) is 31.5 Å². The second kappa shape index (κ2) is 8.09. The predicted octanol–water partition coefficient (Wildman–Crippen LogP) is -1.58. The van der Waals surface area contributed by atoms with Gasteiger partial charge in [-0.3, -0.25) is 4.99 Å². The van der Waals surface area contributed by atoms with Crippen molar-refractivity contribution >= 4 is 32.3 Å². The van der Waals surface area contributed by atoms with Gasteiger partial charge in [-0.2, -0.15) is 0 Å². The van der Waals surface area contributed by atoms with Gasteiger partial charge in [0.15, 0.2) is 0 Å². The molecule has 82 valence electrons. The topological polar surface area (TPSA) is 69.6 Å². The molecule has 0 saturated heterocycles. The Hall–Kier alpha value is 0.916. The zero-order valence-electron chi connectivity index (χ0n) is 8.76. The molecule has 1 aromatic rings. The van der Waals surface area contributed by atoms with Crippen LogP contribution in [0, 0.1) is 0 Å². The van der Waals surface area contributed by atoms with Gasteiger partial charge in [0.2, 0.25) is 0 Å². The molecule has 0 aliphatic rings. The molecule has 0 amide bonds. The molecular formula is C9H9BrKNO3S. The van der Waals surface area contributed by atoms with Gasteiger partial charge in [0.25, 0.3) is 0 Å². The van der Waals surface area contributed by atoms with Crippen molar-refractivity contribution < 1.29 is 64.4 Å². The number of hydrogen-bond acceptors (Lipinski definition) is 4. The first-order valence-electron chi connectivity index (χ1n) is 4.16. The van der Waals surface area contributed by atoms with Crippen molar-refractivity contribution in [2.45, 2.75) is 0 Å². The minimum absolute atomic E-state index is 0. The summed E-state index contributed by atoms with van der Waals surface area (Å²) >= 11 is 3.29. The SMILES string of the molecule is O=S(=O)([O-])CCN=Cc1ccc(Br)cc1.[K+]. The van der Waals surface area contributed by atoms with E-state index in [1.54, 1.807) is 0 Å². The van der Waals surface area contributed by atoms with E-state index < -0.39 is 15.9 Å². The minimum atomic E-state index is -4.16. The fourth-order valence-corrected chi connectivity index (χ4v) is 1.48. The number of halogens is 1. The molecule has 0 atom stereocenters. The average molecular weight is 330 g/mol. The van der Waals surface area contributed by atoms with Crippen LogP contribution >= 0.6 is 15.9 Å². The van der Waals surface area contributed by atoms with Crippen molar-refractivity contribution in [3.05, 3.63) is 34.3 Å². The number of rotatable bonds is 4. The van der Waals surface area contributed by atoms with Gasteiger partial charge < -0.3 is 4.55 Å². The van der Waals surface area contributed by atoms with E-state index in [-0.39, 0.29) is 57.9 Å². The van der Waals surface area contributed by atoms with Gasteiger partial charge in [0, 0.05) is 10.7 Å². The summed E-state index contributed by atoms with van der Waals surface area (Å²) in [6, 6.07) is 7.37. The van der Waals surface area contributed by atoms with E-state index in [1.807, 2.05) is 24.3 Å². The van der Waals surface area contributed by atoms with Gasteiger partial charge in [-0.1, -0.05) is 28.1 Å². The predicted molar refractivity (Wildman–Crippen MR) is 61.2 cm³/mol. The molecule has 0 heterocycles. The average Bonchev–Trinajstić information content (AvgIpc) is 2.14.